The van der Waals surface area contributed by atoms with Crippen molar-refractivity contribution in [3.8, 4) is 0 Å². The quantitative estimate of drug-likeness (QED) is 0.526. The molecule has 0 N–H and O–H groups in total. The lowest BCUT2D eigenvalue weighted by molar-refractivity contribution is -0.119. The fourth-order valence-corrected chi connectivity index (χ4v) is 2.29. The van der Waals surface area contributed by atoms with Crippen LogP contribution in [0.1, 0.15) is 19.3 Å². The highest BCUT2D eigenvalue weighted by atomic mass is 35.5. The van der Waals surface area contributed by atoms with Gasteiger partial charge in [-0.15, -0.1) is 11.6 Å². The molecule has 0 aromatic rings. The summed E-state index contributed by atoms with van der Waals surface area (Å²) in [6.07, 6.45) is 8.27. The number of fused-ring (bicyclic) bond motifs is 1. The van der Waals surface area contributed by atoms with E-state index in [-0.39, 0.29) is 5.38 Å². The van der Waals surface area contributed by atoms with Crippen LogP contribution in [0.3, 0.4) is 0 Å². The standard InChI is InChI=1S/C10H11ClO/c11-10-3-1-2-7-6-8(12)4-5-9(7)10/h1-3,9-10H,4-6H2. The van der Waals surface area contributed by atoms with Gasteiger partial charge >= 0.3 is 0 Å². The zero-order valence-electron chi connectivity index (χ0n) is 6.79. The van der Waals surface area contributed by atoms with Gasteiger partial charge in [0.25, 0.3) is 0 Å². The van der Waals surface area contributed by atoms with Crippen molar-refractivity contribution in [1.82, 2.24) is 0 Å². The van der Waals surface area contributed by atoms with Gasteiger partial charge in [-0.1, -0.05) is 23.8 Å². The minimum atomic E-state index is 0.109. The second-order valence-electron chi connectivity index (χ2n) is 3.43. The van der Waals surface area contributed by atoms with Gasteiger partial charge in [0.05, 0.1) is 5.38 Å². The summed E-state index contributed by atoms with van der Waals surface area (Å²) in [5, 5.41) is 0.109. The summed E-state index contributed by atoms with van der Waals surface area (Å²) in [4.78, 5) is 11.1. The average molecular weight is 183 g/mol. The molecule has 0 radical (unpaired) electrons. The smallest absolute Gasteiger partial charge is 0.136 e. The molecule has 1 saturated carbocycles. The highest BCUT2D eigenvalue weighted by Crippen LogP contribution is 2.35. The molecule has 64 valence electrons. The number of carbonyl (C=O) groups excluding carboxylic acids is 1. The van der Waals surface area contributed by atoms with E-state index >= 15 is 0 Å². The lowest BCUT2D eigenvalue weighted by Gasteiger charge is -2.28. The maximum Gasteiger partial charge on any atom is 0.136 e. The molecule has 2 heteroatoms. The molecule has 0 saturated heterocycles. The highest BCUT2D eigenvalue weighted by Gasteiger charge is 2.29. The molecular formula is C10H11ClO. The molecular weight excluding hydrogens is 172 g/mol. The summed E-state index contributed by atoms with van der Waals surface area (Å²) >= 11 is 6.10. The van der Waals surface area contributed by atoms with Gasteiger partial charge in [0.1, 0.15) is 5.78 Å². The van der Waals surface area contributed by atoms with Crippen LogP contribution in [0.25, 0.3) is 0 Å². The third kappa shape index (κ3) is 1.34. The summed E-state index contributed by atoms with van der Waals surface area (Å²) in [5.41, 5.74) is 1.23. The zero-order chi connectivity index (χ0) is 8.55. The van der Waals surface area contributed by atoms with Crippen molar-refractivity contribution >= 4 is 17.4 Å². The van der Waals surface area contributed by atoms with Gasteiger partial charge < -0.3 is 0 Å². The number of Topliss-reactive ketones (excluding diaryl/α,β-unsaturated/α-hetero) is 1. The van der Waals surface area contributed by atoms with Crippen molar-refractivity contribution in [2.24, 2.45) is 5.92 Å². The molecule has 2 atom stereocenters. The number of carbonyl (C=O) groups is 1. The van der Waals surface area contributed by atoms with Crippen molar-refractivity contribution in [2.45, 2.75) is 24.6 Å². The van der Waals surface area contributed by atoms with Crippen LogP contribution in [0.2, 0.25) is 0 Å². The lowest BCUT2D eigenvalue weighted by Crippen LogP contribution is -2.25. The van der Waals surface area contributed by atoms with Crippen molar-refractivity contribution in [3.63, 3.8) is 0 Å². The Balaban J connectivity index is 2.21. The maximum atomic E-state index is 11.1. The van der Waals surface area contributed by atoms with Crippen molar-refractivity contribution in [3.05, 3.63) is 23.8 Å². The minimum Gasteiger partial charge on any atom is -0.299 e. The minimum absolute atomic E-state index is 0.109. The molecule has 1 nitrogen and oxygen atoms in total. The monoisotopic (exact) mass is 182 g/mol. The number of hydrogen-bond acceptors (Lipinski definition) is 1. The Labute approximate surface area is 77.1 Å². The van der Waals surface area contributed by atoms with Crippen molar-refractivity contribution in [2.75, 3.05) is 0 Å². The lowest BCUT2D eigenvalue weighted by atomic mass is 9.79. The van der Waals surface area contributed by atoms with Crippen LogP contribution in [0.5, 0.6) is 0 Å². The van der Waals surface area contributed by atoms with E-state index in [2.05, 4.69) is 0 Å². The molecule has 2 unspecified atom stereocenters. The van der Waals surface area contributed by atoms with E-state index < -0.39 is 0 Å². The summed E-state index contributed by atoms with van der Waals surface area (Å²) < 4.78 is 0. The molecule has 0 heterocycles. The van der Waals surface area contributed by atoms with Gasteiger partial charge in [0.2, 0.25) is 0 Å². The summed E-state index contributed by atoms with van der Waals surface area (Å²) in [7, 11) is 0. The highest BCUT2D eigenvalue weighted by molar-refractivity contribution is 6.22. The number of rotatable bonds is 0. The normalized spacial score (nSPS) is 34.4. The van der Waals surface area contributed by atoms with Crippen LogP contribution in [-0.4, -0.2) is 11.2 Å². The zero-order valence-corrected chi connectivity index (χ0v) is 7.55. The molecule has 0 amide bonds. The molecule has 0 aromatic heterocycles. The fourth-order valence-electron chi connectivity index (χ4n) is 1.91. The average Bonchev–Trinajstić information content (AvgIpc) is 2.04. The van der Waals surface area contributed by atoms with E-state index in [1.807, 2.05) is 18.2 Å². The molecule has 2 aliphatic rings. The second kappa shape index (κ2) is 3.06. The molecule has 0 spiro atoms. The Morgan fingerprint density at radius 2 is 2.33 bits per heavy atom. The van der Waals surface area contributed by atoms with E-state index in [1.54, 1.807) is 0 Å². The Kier molecular flexibility index (Phi) is 2.05. The molecule has 0 bridgehead atoms. The largest absolute Gasteiger partial charge is 0.299 e. The van der Waals surface area contributed by atoms with Gasteiger partial charge in [-0.3, -0.25) is 4.79 Å². The van der Waals surface area contributed by atoms with Crippen LogP contribution in [-0.2, 0) is 4.79 Å². The molecule has 0 aromatic carbocycles. The molecule has 2 aliphatic carbocycles. The van der Waals surface area contributed by atoms with Crippen molar-refractivity contribution < 1.29 is 4.79 Å². The predicted molar refractivity (Wildman–Crippen MR) is 49.2 cm³/mol. The fraction of sp³-hybridized carbons (Fsp3) is 0.500. The summed E-state index contributed by atoms with van der Waals surface area (Å²) in [5.74, 6) is 0.783. The van der Waals surface area contributed by atoms with Gasteiger partial charge in [-0.2, -0.15) is 0 Å². The molecule has 12 heavy (non-hydrogen) atoms. The number of allylic oxidation sites excluding steroid dienone is 4. The number of ketones is 1. The second-order valence-corrected chi connectivity index (χ2v) is 3.94. The first-order valence-corrected chi connectivity index (χ1v) is 4.74. The first kappa shape index (κ1) is 8.06. The van der Waals surface area contributed by atoms with E-state index in [0.717, 1.165) is 6.42 Å². The van der Waals surface area contributed by atoms with Gasteiger partial charge in [-0.25, -0.2) is 0 Å². The first-order valence-electron chi connectivity index (χ1n) is 4.30. The topological polar surface area (TPSA) is 17.1 Å². The van der Waals surface area contributed by atoms with Gasteiger partial charge in [0.15, 0.2) is 0 Å². The maximum absolute atomic E-state index is 11.1. The number of halogens is 1. The molecule has 2 rings (SSSR count). The van der Waals surface area contributed by atoms with E-state index in [0.29, 0.717) is 24.5 Å². The van der Waals surface area contributed by atoms with Gasteiger partial charge in [0, 0.05) is 18.8 Å². The third-order valence-corrected chi connectivity index (χ3v) is 3.05. The Hall–Kier alpha value is -0.560. The van der Waals surface area contributed by atoms with Crippen LogP contribution >= 0.6 is 11.6 Å². The Bertz CT molecular complexity index is 265. The van der Waals surface area contributed by atoms with Gasteiger partial charge in [-0.05, 0) is 6.42 Å². The molecule has 0 aliphatic heterocycles. The number of alkyl halides is 1. The predicted octanol–water partition coefficient (Wildman–Crippen LogP) is 2.46. The van der Waals surface area contributed by atoms with E-state index in [4.69, 9.17) is 11.6 Å². The van der Waals surface area contributed by atoms with Crippen LogP contribution in [0.4, 0.5) is 0 Å². The van der Waals surface area contributed by atoms with Crippen LogP contribution in [0.15, 0.2) is 23.8 Å². The van der Waals surface area contributed by atoms with E-state index in [1.165, 1.54) is 5.57 Å². The Morgan fingerprint density at radius 1 is 1.50 bits per heavy atom. The SMILES string of the molecule is O=C1CCC2C(=CC=CC2Cl)C1. The van der Waals surface area contributed by atoms with E-state index in [9.17, 15) is 4.79 Å². The number of hydrogen-bond donors (Lipinski definition) is 0. The Morgan fingerprint density at radius 3 is 3.17 bits per heavy atom. The van der Waals surface area contributed by atoms with Crippen molar-refractivity contribution in [1.29, 1.82) is 0 Å². The molecule has 1 fully saturated rings. The summed E-state index contributed by atoms with van der Waals surface area (Å²) in [6.45, 7) is 0. The summed E-state index contributed by atoms with van der Waals surface area (Å²) in [6, 6.07) is 0. The third-order valence-electron chi connectivity index (χ3n) is 2.60. The van der Waals surface area contributed by atoms with Crippen LogP contribution < -0.4 is 0 Å². The van der Waals surface area contributed by atoms with Crippen LogP contribution in [0, 0.1) is 5.92 Å². The first-order chi connectivity index (χ1) is 5.77.